The Morgan fingerprint density at radius 2 is 1.94 bits per heavy atom. The Bertz CT molecular complexity index is 477. The summed E-state index contributed by atoms with van der Waals surface area (Å²) in [7, 11) is 0. The molecule has 1 amide bonds. The first-order valence-corrected chi connectivity index (χ1v) is 5.95. The number of allylic oxidation sites excluding steroid dienone is 3. The minimum Gasteiger partial charge on any atom is -0.322 e. The van der Waals surface area contributed by atoms with Gasteiger partial charge in [-0.25, -0.2) is 0 Å². The van der Waals surface area contributed by atoms with Crippen molar-refractivity contribution in [3.8, 4) is 0 Å². The summed E-state index contributed by atoms with van der Waals surface area (Å²) in [6.07, 6.45) is 5.39. The summed E-state index contributed by atoms with van der Waals surface area (Å²) in [5.41, 5.74) is 1.32. The van der Waals surface area contributed by atoms with Crippen molar-refractivity contribution in [2.24, 2.45) is 0 Å². The van der Waals surface area contributed by atoms with Gasteiger partial charge >= 0.3 is 0 Å². The van der Waals surface area contributed by atoms with Crippen LogP contribution in [0.4, 0.5) is 5.69 Å². The van der Waals surface area contributed by atoms with Crippen molar-refractivity contribution in [2.75, 3.05) is 5.32 Å². The van der Waals surface area contributed by atoms with Crippen molar-refractivity contribution in [2.45, 2.75) is 10.8 Å². The zero-order valence-electron chi connectivity index (χ0n) is 8.99. The summed E-state index contributed by atoms with van der Waals surface area (Å²) in [5, 5.41) is 2.79. The van der Waals surface area contributed by atoms with Crippen molar-refractivity contribution in [1.82, 2.24) is 0 Å². The standard InChI is InChI=1S/C13H11Cl2NO/c14-13(15)8-4-5-10(9-13)12(17)16-11-6-2-1-3-7-11/h1-8H,9H2,(H,16,17). The fourth-order valence-corrected chi connectivity index (χ4v) is 2.00. The van der Waals surface area contributed by atoms with Crippen LogP contribution in [-0.4, -0.2) is 10.2 Å². The van der Waals surface area contributed by atoms with Crippen molar-refractivity contribution in [1.29, 1.82) is 0 Å². The lowest BCUT2D eigenvalue weighted by molar-refractivity contribution is -0.113. The topological polar surface area (TPSA) is 29.1 Å². The Balaban J connectivity index is 2.07. The van der Waals surface area contributed by atoms with Crippen molar-refractivity contribution in [3.63, 3.8) is 0 Å². The molecule has 17 heavy (non-hydrogen) atoms. The lowest BCUT2D eigenvalue weighted by Crippen LogP contribution is -2.22. The second kappa shape index (κ2) is 4.94. The smallest absolute Gasteiger partial charge is 0.251 e. The molecule has 0 fully saturated rings. The molecule has 0 spiro atoms. The maximum atomic E-state index is 11.9. The van der Waals surface area contributed by atoms with Crippen LogP contribution in [0.1, 0.15) is 6.42 Å². The third-order valence-electron chi connectivity index (χ3n) is 2.39. The van der Waals surface area contributed by atoms with Crippen LogP contribution in [0.25, 0.3) is 0 Å². The molecule has 0 aromatic heterocycles. The number of nitrogens with one attached hydrogen (secondary N) is 1. The number of hydrogen-bond donors (Lipinski definition) is 1. The number of hydrogen-bond acceptors (Lipinski definition) is 1. The number of alkyl halides is 2. The van der Waals surface area contributed by atoms with Gasteiger partial charge in [-0.3, -0.25) is 4.79 Å². The van der Waals surface area contributed by atoms with Crippen LogP contribution in [0.15, 0.2) is 54.1 Å². The van der Waals surface area contributed by atoms with Crippen LogP contribution in [-0.2, 0) is 4.79 Å². The first kappa shape index (κ1) is 12.2. The summed E-state index contributed by atoms with van der Waals surface area (Å²) in [6.45, 7) is 0. The molecule has 1 N–H and O–H groups in total. The van der Waals surface area contributed by atoms with Crippen LogP contribution >= 0.6 is 23.2 Å². The number of carbonyl (C=O) groups excluding carboxylic acids is 1. The van der Waals surface area contributed by atoms with E-state index in [1.165, 1.54) is 0 Å². The number of rotatable bonds is 2. The molecule has 0 radical (unpaired) electrons. The van der Waals surface area contributed by atoms with Gasteiger partial charge in [0.25, 0.3) is 5.91 Å². The molecular formula is C13H11Cl2NO. The Labute approximate surface area is 110 Å². The monoisotopic (exact) mass is 267 g/mol. The van der Waals surface area contributed by atoms with Gasteiger partial charge in [0.2, 0.25) is 0 Å². The fraction of sp³-hybridized carbons (Fsp3) is 0.154. The lowest BCUT2D eigenvalue weighted by atomic mass is 10.0. The highest BCUT2D eigenvalue weighted by Gasteiger charge is 2.27. The number of anilines is 1. The minimum absolute atomic E-state index is 0.175. The normalized spacial score (nSPS) is 17.4. The van der Waals surface area contributed by atoms with Crippen LogP contribution in [0, 0.1) is 0 Å². The third-order valence-corrected chi connectivity index (χ3v) is 2.91. The molecule has 0 bridgehead atoms. The van der Waals surface area contributed by atoms with E-state index in [0.29, 0.717) is 12.0 Å². The average molecular weight is 268 g/mol. The number of benzene rings is 1. The Kier molecular flexibility index (Phi) is 3.55. The number of carbonyl (C=O) groups is 1. The molecule has 2 nitrogen and oxygen atoms in total. The van der Waals surface area contributed by atoms with E-state index in [9.17, 15) is 4.79 Å². The van der Waals surface area contributed by atoms with Gasteiger partial charge in [-0.1, -0.05) is 53.6 Å². The van der Waals surface area contributed by atoms with Crippen molar-refractivity contribution < 1.29 is 4.79 Å². The maximum absolute atomic E-state index is 11.9. The second-order valence-electron chi connectivity index (χ2n) is 3.81. The first-order chi connectivity index (χ1) is 8.07. The molecule has 2 rings (SSSR count). The average Bonchev–Trinajstić information content (AvgIpc) is 2.29. The van der Waals surface area contributed by atoms with Crippen LogP contribution in [0.5, 0.6) is 0 Å². The van der Waals surface area contributed by atoms with E-state index < -0.39 is 4.33 Å². The Morgan fingerprint density at radius 1 is 1.24 bits per heavy atom. The predicted molar refractivity (Wildman–Crippen MR) is 71.3 cm³/mol. The number of halogens is 2. The summed E-state index contributed by atoms with van der Waals surface area (Å²) in [5.74, 6) is -0.175. The molecule has 1 aromatic carbocycles. The molecule has 1 aromatic rings. The molecule has 0 heterocycles. The van der Waals surface area contributed by atoms with Gasteiger partial charge in [-0.05, 0) is 18.2 Å². The summed E-state index contributed by atoms with van der Waals surface area (Å²) < 4.78 is -0.988. The van der Waals surface area contributed by atoms with E-state index in [1.54, 1.807) is 18.2 Å². The van der Waals surface area contributed by atoms with E-state index in [4.69, 9.17) is 23.2 Å². The maximum Gasteiger partial charge on any atom is 0.251 e. The Hall–Kier alpha value is -1.25. The first-order valence-electron chi connectivity index (χ1n) is 5.19. The summed E-state index contributed by atoms with van der Waals surface area (Å²) in [6, 6.07) is 9.26. The highest BCUT2D eigenvalue weighted by Crippen LogP contribution is 2.33. The molecule has 1 aliphatic rings. The van der Waals surface area contributed by atoms with Crippen LogP contribution < -0.4 is 5.32 Å². The van der Waals surface area contributed by atoms with Crippen LogP contribution in [0.3, 0.4) is 0 Å². The molecule has 1 aliphatic carbocycles. The van der Waals surface area contributed by atoms with E-state index in [1.807, 2.05) is 30.3 Å². The molecule has 0 saturated heterocycles. The van der Waals surface area contributed by atoms with E-state index >= 15 is 0 Å². The SMILES string of the molecule is O=C(Nc1ccccc1)C1=CC=CC(Cl)(Cl)C1. The fourth-order valence-electron chi connectivity index (χ4n) is 1.57. The largest absolute Gasteiger partial charge is 0.322 e. The summed E-state index contributed by atoms with van der Waals surface area (Å²) >= 11 is 11.9. The van der Waals surface area contributed by atoms with Gasteiger partial charge < -0.3 is 5.32 Å². The van der Waals surface area contributed by atoms with E-state index in [2.05, 4.69) is 5.32 Å². The molecule has 0 atom stereocenters. The Morgan fingerprint density at radius 3 is 2.59 bits per heavy atom. The van der Waals surface area contributed by atoms with Gasteiger partial charge in [0.1, 0.15) is 4.33 Å². The zero-order chi connectivity index (χ0) is 12.3. The van der Waals surface area contributed by atoms with Gasteiger partial charge in [-0.15, -0.1) is 0 Å². The van der Waals surface area contributed by atoms with E-state index in [-0.39, 0.29) is 5.91 Å². The second-order valence-corrected chi connectivity index (χ2v) is 5.35. The molecule has 4 heteroatoms. The van der Waals surface area contributed by atoms with Gasteiger partial charge in [0.15, 0.2) is 0 Å². The quantitative estimate of drug-likeness (QED) is 0.814. The predicted octanol–water partition coefficient (Wildman–Crippen LogP) is 3.69. The molecule has 88 valence electrons. The highest BCUT2D eigenvalue weighted by atomic mass is 35.5. The number of amides is 1. The molecule has 0 saturated carbocycles. The zero-order valence-corrected chi connectivity index (χ0v) is 10.5. The van der Waals surface area contributed by atoms with E-state index in [0.717, 1.165) is 5.69 Å². The van der Waals surface area contributed by atoms with Crippen molar-refractivity contribution in [3.05, 3.63) is 54.1 Å². The van der Waals surface area contributed by atoms with Gasteiger partial charge in [-0.2, -0.15) is 0 Å². The lowest BCUT2D eigenvalue weighted by Gasteiger charge is -2.19. The van der Waals surface area contributed by atoms with Gasteiger partial charge in [0, 0.05) is 17.7 Å². The molecular weight excluding hydrogens is 257 g/mol. The third kappa shape index (κ3) is 3.35. The highest BCUT2D eigenvalue weighted by molar-refractivity contribution is 6.50. The van der Waals surface area contributed by atoms with Crippen molar-refractivity contribution >= 4 is 34.8 Å². The van der Waals surface area contributed by atoms with Gasteiger partial charge in [0.05, 0.1) is 0 Å². The molecule has 0 unspecified atom stereocenters. The van der Waals surface area contributed by atoms with Crippen LogP contribution in [0.2, 0.25) is 0 Å². The minimum atomic E-state index is -0.988. The molecule has 0 aliphatic heterocycles. The number of para-hydroxylation sites is 1. The summed E-state index contributed by atoms with van der Waals surface area (Å²) in [4.78, 5) is 11.9.